The first-order valence-corrected chi connectivity index (χ1v) is 3.96. The van der Waals surface area contributed by atoms with E-state index < -0.39 is 0 Å². The van der Waals surface area contributed by atoms with Crippen LogP contribution >= 0.6 is 0 Å². The summed E-state index contributed by atoms with van der Waals surface area (Å²) in [7, 11) is 0. The minimum Gasteiger partial charge on any atom is -0.382 e. The molecule has 0 fully saturated rings. The van der Waals surface area contributed by atoms with Crippen molar-refractivity contribution in [2.24, 2.45) is 0 Å². The first-order chi connectivity index (χ1) is 4.77. The van der Waals surface area contributed by atoms with Crippen LogP contribution in [0.3, 0.4) is 0 Å². The molecule has 0 saturated carbocycles. The summed E-state index contributed by atoms with van der Waals surface area (Å²) in [6.45, 7) is 8.53. The van der Waals surface area contributed by atoms with Crippen LogP contribution in [0.25, 0.3) is 0 Å². The summed E-state index contributed by atoms with van der Waals surface area (Å²) < 4.78 is 10.4. The van der Waals surface area contributed by atoms with Crippen LogP contribution in [0.4, 0.5) is 0 Å². The van der Waals surface area contributed by atoms with E-state index in [0.29, 0.717) is 6.10 Å². The normalized spacial score (nSPS) is 10.8. The summed E-state index contributed by atoms with van der Waals surface area (Å²) in [5.74, 6) is 0. The standard InChI is InChI=1S/C8H18O2/c1-4-9-6-5-7-10-8(2)3/h8H,4-7H2,1-3H3. The minimum atomic E-state index is 0.349. The fourth-order valence-electron chi connectivity index (χ4n) is 0.624. The van der Waals surface area contributed by atoms with Gasteiger partial charge in [-0.15, -0.1) is 0 Å². The molecule has 2 heteroatoms. The summed E-state index contributed by atoms with van der Waals surface area (Å²) >= 11 is 0. The summed E-state index contributed by atoms with van der Waals surface area (Å²) in [4.78, 5) is 0. The highest BCUT2D eigenvalue weighted by molar-refractivity contribution is 4.38. The van der Waals surface area contributed by atoms with Gasteiger partial charge in [-0.25, -0.2) is 0 Å². The van der Waals surface area contributed by atoms with E-state index in [1.807, 2.05) is 20.8 Å². The quantitative estimate of drug-likeness (QED) is 0.532. The lowest BCUT2D eigenvalue weighted by Gasteiger charge is -2.06. The minimum absolute atomic E-state index is 0.349. The molecule has 0 rings (SSSR count). The lowest BCUT2D eigenvalue weighted by Crippen LogP contribution is -2.06. The van der Waals surface area contributed by atoms with Crippen molar-refractivity contribution in [2.45, 2.75) is 33.3 Å². The molecule has 0 aromatic heterocycles. The van der Waals surface area contributed by atoms with Gasteiger partial charge in [0.2, 0.25) is 0 Å². The number of ether oxygens (including phenoxy) is 2. The third-order valence-electron chi connectivity index (χ3n) is 1.09. The average Bonchev–Trinajstić information content (AvgIpc) is 1.87. The van der Waals surface area contributed by atoms with Gasteiger partial charge >= 0.3 is 0 Å². The molecule has 0 saturated heterocycles. The third-order valence-corrected chi connectivity index (χ3v) is 1.09. The molecule has 0 aliphatic heterocycles. The molecule has 0 aliphatic carbocycles. The molecular weight excluding hydrogens is 128 g/mol. The van der Waals surface area contributed by atoms with E-state index in [2.05, 4.69) is 0 Å². The zero-order valence-electron chi connectivity index (χ0n) is 7.22. The van der Waals surface area contributed by atoms with Gasteiger partial charge in [0.25, 0.3) is 0 Å². The lowest BCUT2D eigenvalue weighted by molar-refractivity contribution is 0.0539. The molecule has 0 aromatic rings. The van der Waals surface area contributed by atoms with Crippen LogP contribution in [0.1, 0.15) is 27.2 Å². The van der Waals surface area contributed by atoms with Crippen LogP contribution < -0.4 is 0 Å². The van der Waals surface area contributed by atoms with Crippen molar-refractivity contribution in [3.63, 3.8) is 0 Å². The van der Waals surface area contributed by atoms with Gasteiger partial charge in [0.15, 0.2) is 0 Å². The molecule has 0 amide bonds. The Balaban J connectivity index is 2.77. The highest BCUT2D eigenvalue weighted by Gasteiger charge is 1.91. The van der Waals surface area contributed by atoms with Crippen LogP contribution in [0, 0.1) is 0 Å². The van der Waals surface area contributed by atoms with Crippen LogP contribution in [0.15, 0.2) is 0 Å². The Kier molecular flexibility index (Phi) is 6.98. The Morgan fingerprint density at radius 3 is 2.40 bits per heavy atom. The van der Waals surface area contributed by atoms with Crippen LogP contribution in [-0.4, -0.2) is 25.9 Å². The van der Waals surface area contributed by atoms with E-state index in [0.717, 1.165) is 26.2 Å². The van der Waals surface area contributed by atoms with E-state index in [1.165, 1.54) is 0 Å². The molecule has 0 bridgehead atoms. The zero-order valence-corrected chi connectivity index (χ0v) is 7.22. The van der Waals surface area contributed by atoms with Crippen LogP contribution in [0.5, 0.6) is 0 Å². The van der Waals surface area contributed by atoms with Crippen molar-refractivity contribution in [1.29, 1.82) is 0 Å². The van der Waals surface area contributed by atoms with E-state index in [9.17, 15) is 0 Å². The molecular formula is C8H18O2. The molecule has 0 aromatic carbocycles. The average molecular weight is 146 g/mol. The maximum Gasteiger partial charge on any atom is 0.0518 e. The predicted octanol–water partition coefficient (Wildman–Crippen LogP) is 1.84. The molecule has 0 aliphatic rings. The molecule has 0 atom stereocenters. The first-order valence-electron chi connectivity index (χ1n) is 3.96. The largest absolute Gasteiger partial charge is 0.382 e. The zero-order chi connectivity index (χ0) is 7.82. The Hall–Kier alpha value is -0.0800. The number of hydrogen-bond acceptors (Lipinski definition) is 2. The van der Waals surface area contributed by atoms with E-state index in [1.54, 1.807) is 0 Å². The topological polar surface area (TPSA) is 18.5 Å². The third kappa shape index (κ3) is 7.92. The fraction of sp³-hybridized carbons (Fsp3) is 1.00. The van der Waals surface area contributed by atoms with Crippen molar-refractivity contribution in [3.8, 4) is 0 Å². The fourth-order valence-corrected chi connectivity index (χ4v) is 0.624. The second-order valence-corrected chi connectivity index (χ2v) is 2.47. The van der Waals surface area contributed by atoms with Gasteiger partial charge in [0, 0.05) is 19.8 Å². The lowest BCUT2D eigenvalue weighted by atomic mass is 10.4. The number of hydrogen-bond donors (Lipinski definition) is 0. The van der Waals surface area contributed by atoms with Gasteiger partial charge in [-0.1, -0.05) is 0 Å². The second kappa shape index (κ2) is 7.03. The molecule has 0 unspecified atom stereocenters. The first kappa shape index (κ1) is 9.92. The molecule has 0 spiro atoms. The molecule has 2 nitrogen and oxygen atoms in total. The maximum atomic E-state index is 5.31. The monoisotopic (exact) mass is 146 g/mol. The van der Waals surface area contributed by atoms with Crippen LogP contribution in [0.2, 0.25) is 0 Å². The van der Waals surface area contributed by atoms with E-state index in [4.69, 9.17) is 9.47 Å². The van der Waals surface area contributed by atoms with E-state index >= 15 is 0 Å². The van der Waals surface area contributed by atoms with Crippen molar-refractivity contribution in [3.05, 3.63) is 0 Å². The van der Waals surface area contributed by atoms with Gasteiger partial charge < -0.3 is 9.47 Å². The highest BCUT2D eigenvalue weighted by atomic mass is 16.5. The molecule has 0 radical (unpaired) electrons. The SMILES string of the molecule is CCOCCCOC(C)C. The van der Waals surface area contributed by atoms with Gasteiger partial charge in [0.1, 0.15) is 0 Å². The van der Waals surface area contributed by atoms with E-state index in [-0.39, 0.29) is 0 Å². The summed E-state index contributed by atoms with van der Waals surface area (Å²) in [5.41, 5.74) is 0. The summed E-state index contributed by atoms with van der Waals surface area (Å²) in [5, 5.41) is 0. The van der Waals surface area contributed by atoms with Gasteiger partial charge in [-0.2, -0.15) is 0 Å². The summed E-state index contributed by atoms with van der Waals surface area (Å²) in [6.07, 6.45) is 1.35. The van der Waals surface area contributed by atoms with Crippen molar-refractivity contribution >= 4 is 0 Å². The highest BCUT2D eigenvalue weighted by Crippen LogP contribution is 1.90. The van der Waals surface area contributed by atoms with Gasteiger partial charge in [0.05, 0.1) is 6.10 Å². The number of rotatable bonds is 6. The molecule has 0 N–H and O–H groups in total. The van der Waals surface area contributed by atoms with Gasteiger partial charge in [-0.3, -0.25) is 0 Å². The Morgan fingerprint density at radius 1 is 1.20 bits per heavy atom. The van der Waals surface area contributed by atoms with Gasteiger partial charge in [-0.05, 0) is 27.2 Å². The Labute approximate surface area is 63.5 Å². The van der Waals surface area contributed by atoms with Crippen LogP contribution in [-0.2, 0) is 9.47 Å². The smallest absolute Gasteiger partial charge is 0.0518 e. The molecule has 62 valence electrons. The molecule has 0 heterocycles. The van der Waals surface area contributed by atoms with Crippen molar-refractivity contribution < 1.29 is 9.47 Å². The maximum absolute atomic E-state index is 5.31. The predicted molar refractivity (Wildman–Crippen MR) is 42.2 cm³/mol. The second-order valence-electron chi connectivity index (χ2n) is 2.47. The Bertz CT molecular complexity index is 62.3. The summed E-state index contributed by atoms with van der Waals surface area (Å²) in [6, 6.07) is 0. The van der Waals surface area contributed by atoms with Crippen molar-refractivity contribution in [2.75, 3.05) is 19.8 Å². The van der Waals surface area contributed by atoms with Crippen molar-refractivity contribution in [1.82, 2.24) is 0 Å². The molecule has 10 heavy (non-hydrogen) atoms. The Morgan fingerprint density at radius 2 is 1.90 bits per heavy atom.